The summed E-state index contributed by atoms with van der Waals surface area (Å²) in [5.74, 6) is 0. The zero-order chi connectivity index (χ0) is 30.5. The molecule has 4 aromatic heterocycles. The van der Waals surface area contributed by atoms with E-state index in [0.717, 1.165) is 88.5 Å². The Kier molecular flexibility index (Phi) is 6.10. The van der Waals surface area contributed by atoms with Gasteiger partial charge in [0.1, 0.15) is 0 Å². The molecule has 0 atom stereocenters. The third-order valence-electron chi connectivity index (χ3n) is 8.67. The van der Waals surface area contributed by atoms with Crippen molar-refractivity contribution in [2.24, 2.45) is 0 Å². The second kappa shape index (κ2) is 10.7. The number of hydrogen-bond donors (Lipinski definition) is 0. The first-order valence-corrected chi connectivity index (χ1v) is 15.4. The standard InChI is InChI=1S/C42H26N4/c1-2-7-27(8-3-1)36-21-18-30-16-17-31-20-23-38(46-42(31)41(30)44-36)35-12-5-10-33(26-35)32-9-4-11-34(25-32)37-22-19-29-15-14-28-13-6-24-43-39(28)40(29)45-37/h1-26H. The first-order chi connectivity index (χ1) is 22.8. The molecule has 0 aliphatic heterocycles. The summed E-state index contributed by atoms with van der Waals surface area (Å²) in [4.78, 5) is 20.0. The molecule has 0 amide bonds. The van der Waals surface area contributed by atoms with E-state index in [0.29, 0.717) is 0 Å². The number of rotatable bonds is 4. The Morgan fingerprint density at radius 2 is 0.696 bits per heavy atom. The molecule has 0 saturated carbocycles. The van der Waals surface area contributed by atoms with Crippen LogP contribution >= 0.6 is 0 Å². The Labute approximate surface area is 265 Å². The second-order valence-corrected chi connectivity index (χ2v) is 11.5. The predicted molar refractivity (Wildman–Crippen MR) is 189 cm³/mol. The van der Waals surface area contributed by atoms with E-state index in [9.17, 15) is 0 Å². The van der Waals surface area contributed by atoms with Crippen LogP contribution in [0.4, 0.5) is 0 Å². The molecular weight excluding hydrogens is 560 g/mol. The highest BCUT2D eigenvalue weighted by Gasteiger charge is 2.11. The highest BCUT2D eigenvalue weighted by Crippen LogP contribution is 2.32. The summed E-state index contributed by atoms with van der Waals surface area (Å²) in [6.07, 6.45) is 1.83. The number of fused-ring (bicyclic) bond motifs is 6. The highest BCUT2D eigenvalue weighted by atomic mass is 14.8. The average Bonchev–Trinajstić information content (AvgIpc) is 3.14. The van der Waals surface area contributed by atoms with Gasteiger partial charge in [0.25, 0.3) is 0 Å². The van der Waals surface area contributed by atoms with E-state index in [1.807, 2.05) is 30.5 Å². The van der Waals surface area contributed by atoms with Gasteiger partial charge in [0.05, 0.1) is 39.1 Å². The normalized spacial score (nSPS) is 11.5. The molecule has 9 rings (SSSR count). The molecule has 0 aliphatic carbocycles. The molecule has 4 nitrogen and oxygen atoms in total. The minimum Gasteiger partial charge on any atom is -0.254 e. The lowest BCUT2D eigenvalue weighted by molar-refractivity contribution is 1.36. The van der Waals surface area contributed by atoms with Crippen molar-refractivity contribution in [2.45, 2.75) is 0 Å². The molecule has 0 bridgehead atoms. The third-order valence-corrected chi connectivity index (χ3v) is 8.67. The maximum atomic E-state index is 5.18. The summed E-state index contributed by atoms with van der Waals surface area (Å²) >= 11 is 0. The fraction of sp³-hybridized carbons (Fsp3) is 0. The van der Waals surface area contributed by atoms with Crippen LogP contribution in [-0.4, -0.2) is 19.9 Å². The predicted octanol–water partition coefficient (Wildman–Crippen LogP) is 10.5. The van der Waals surface area contributed by atoms with Crippen LogP contribution in [0.25, 0.3) is 88.5 Å². The smallest absolute Gasteiger partial charge is 0.0972 e. The van der Waals surface area contributed by atoms with Crippen LogP contribution in [0, 0.1) is 0 Å². The van der Waals surface area contributed by atoms with Gasteiger partial charge < -0.3 is 0 Å². The minimum absolute atomic E-state index is 0.907. The van der Waals surface area contributed by atoms with Gasteiger partial charge in [0.15, 0.2) is 0 Å². The summed E-state index contributed by atoms with van der Waals surface area (Å²) in [5.41, 5.74) is 11.9. The van der Waals surface area contributed by atoms with Crippen LogP contribution in [0.1, 0.15) is 0 Å². The van der Waals surface area contributed by atoms with Crippen molar-refractivity contribution in [1.29, 1.82) is 0 Å². The SMILES string of the molecule is c1ccc(-c2ccc3ccc4ccc(-c5cccc(-c6cccc(-c7ccc8ccc9cccnc9c8n7)c6)c5)nc4c3n2)cc1. The Morgan fingerprint density at radius 3 is 1.24 bits per heavy atom. The lowest BCUT2D eigenvalue weighted by atomic mass is 9.98. The van der Waals surface area contributed by atoms with Crippen molar-refractivity contribution in [3.63, 3.8) is 0 Å². The Hall–Kier alpha value is -6.26. The van der Waals surface area contributed by atoms with E-state index in [1.54, 1.807) is 0 Å². The highest BCUT2D eigenvalue weighted by molar-refractivity contribution is 6.05. The van der Waals surface area contributed by atoms with E-state index in [4.69, 9.17) is 15.0 Å². The molecule has 0 N–H and O–H groups in total. The first kappa shape index (κ1) is 26.2. The Morgan fingerprint density at radius 1 is 0.283 bits per heavy atom. The van der Waals surface area contributed by atoms with Crippen molar-refractivity contribution in [3.05, 3.63) is 158 Å². The summed E-state index contributed by atoms with van der Waals surface area (Å²) < 4.78 is 0. The molecule has 9 aromatic rings. The molecule has 0 unspecified atom stereocenters. The molecular formula is C42H26N4. The van der Waals surface area contributed by atoms with E-state index < -0.39 is 0 Å². The van der Waals surface area contributed by atoms with Crippen molar-refractivity contribution in [2.75, 3.05) is 0 Å². The first-order valence-electron chi connectivity index (χ1n) is 15.4. The molecule has 0 saturated heterocycles. The maximum absolute atomic E-state index is 5.18. The lowest BCUT2D eigenvalue weighted by Gasteiger charge is -2.10. The number of benzene rings is 5. The van der Waals surface area contributed by atoms with Crippen LogP contribution in [-0.2, 0) is 0 Å². The van der Waals surface area contributed by atoms with Gasteiger partial charge in [0.2, 0.25) is 0 Å². The summed E-state index contributed by atoms with van der Waals surface area (Å²) in [5, 5.41) is 4.33. The Bertz CT molecular complexity index is 2590. The van der Waals surface area contributed by atoms with Crippen molar-refractivity contribution in [1.82, 2.24) is 19.9 Å². The molecule has 46 heavy (non-hydrogen) atoms. The van der Waals surface area contributed by atoms with Gasteiger partial charge in [-0.3, -0.25) is 4.98 Å². The minimum atomic E-state index is 0.907. The van der Waals surface area contributed by atoms with Crippen LogP contribution in [0.5, 0.6) is 0 Å². The fourth-order valence-electron chi connectivity index (χ4n) is 6.30. The van der Waals surface area contributed by atoms with Crippen LogP contribution in [0.2, 0.25) is 0 Å². The number of nitrogens with zero attached hydrogens (tertiary/aromatic N) is 4. The van der Waals surface area contributed by atoms with Crippen molar-refractivity contribution < 1.29 is 0 Å². The Balaban J connectivity index is 1.11. The van der Waals surface area contributed by atoms with Gasteiger partial charge in [-0.25, -0.2) is 15.0 Å². The average molecular weight is 587 g/mol. The van der Waals surface area contributed by atoms with E-state index in [2.05, 4.69) is 132 Å². The quantitative estimate of drug-likeness (QED) is 0.193. The van der Waals surface area contributed by atoms with Gasteiger partial charge in [-0.05, 0) is 47.5 Å². The summed E-state index contributed by atoms with van der Waals surface area (Å²) in [6, 6.07) is 52.6. The van der Waals surface area contributed by atoms with Gasteiger partial charge in [-0.1, -0.05) is 115 Å². The largest absolute Gasteiger partial charge is 0.254 e. The van der Waals surface area contributed by atoms with Crippen LogP contribution in [0.15, 0.2) is 158 Å². The summed E-state index contributed by atoms with van der Waals surface area (Å²) in [7, 11) is 0. The van der Waals surface area contributed by atoms with Gasteiger partial charge in [0, 0.05) is 44.4 Å². The molecule has 0 fully saturated rings. The molecule has 5 aromatic carbocycles. The van der Waals surface area contributed by atoms with Gasteiger partial charge in [-0.15, -0.1) is 0 Å². The van der Waals surface area contributed by atoms with Crippen LogP contribution < -0.4 is 0 Å². The molecule has 214 valence electrons. The maximum Gasteiger partial charge on any atom is 0.0972 e. The topological polar surface area (TPSA) is 51.6 Å². The van der Waals surface area contributed by atoms with Gasteiger partial charge >= 0.3 is 0 Å². The zero-order valence-electron chi connectivity index (χ0n) is 24.8. The molecule has 4 heterocycles. The zero-order valence-corrected chi connectivity index (χ0v) is 24.8. The molecule has 4 heteroatoms. The fourth-order valence-corrected chi connectivity index (χ4v) is 6.30. The lowest BCUT2D eigenvalue weighted by Crippen LogP contribution is -1.91. The van der Waals surface area contributed by atoms with Crippen molar-refractivity contribution in [3.8, 4) is 44.9 Å². The second-order valence-electron chi connectivity index (χ2n) is 11.5. The van der Waals surface area contributed by atoms with E-state index in [-0.39, 0.29) is 0 Å². The van der Waals surface area contributed by atoms with E-state index in [1.165, 1.54) is 0 Å². The monoisotopic (exact) mass is 586 g/mol. The number of pyridine rings is 4. The van der Waals surface area contributed by atoms with E-state index >= 15 is 0 Å². The molecule has 0 spiro atoms. The number of hydrogen-bond acceptors (Lipinski definition) is 4. The summed E-state index contributed by atoms with van der Waals surface area (Å²) in [6.45, 7) is 0. The molecule has 0 radical (unpaired) electrons. The third kappa shape index (κ3) is 4.56. The van der Waals surface area contributed by atoms with Gasteiger partial charge in [-0.2, -0.15) is 0 Å². The molecule has 0 aliphatic rings. The van der Waals surface area contributed by atoms with Crippen LogP contribution in [0.3, 0.4) is 0 Å². The number of aromatic nitrogens is 4. The van der Waals surface area contributed by atoms with Crippen molar-refractivity contribution >= 4 is 43.6 Å².